The topological polar surface area (TPSA) is 96.7 Å². The number of carbonyl (C=O) groups excluding carboxylic acids is 2. The number of nitrogens with one attached hydrogen (secondary N) is 1. The Morgan fingerprint density at radius 3 is 2.51 bits per heavy atom. The number of aromatic nitrogens is 2. The van der Waals surface area contributed by atoms with Gasteiger partial charge in [-0.05, 0) is 101 Å². The molecule has 8 nitrogen and oxygen atoms in total. The van der Waals surface area contributed by atoms with Gasteiger partial charge in [-0.2, -0.15) is 0 Å². The van der Waals surface area contributed by atoms with E-state index in [9.17, 15) is 14.7 Å². The molecule has 5 rings (SSSR count). The minimum absolute atomic E-state index is 0.0730. The number of ether oxygens (including phenoxy) is 1. The Balaban J connectivity index is 1.22. The average molecular weight is 533 g/mol. The van der Waals surface area contributed by atoms with Crippen LogP contribution in [0.15, 0.2) is 36.4 Å². The van der Waals surface area contributed by atoms with Crippen molar-refractivity contribution in [3.8, 4) is 0 Å². The Bertz CT molecular complexity index is 1380. The van der Waals surface area contributed by atoms with Crippen molar-refractivity contribution in [2.24, 2.45) is 5.92 Å². The number of piperidine rings is 1. The van der Waals surface area contributed by atoms with E-state index in [1.807, 2.05) is 43.9 Å². The van der Waals surface area contributed by atoms with E-state index < -0.39 is 17.8 Å². The molecule has 2 aliphatic rings. The lowest BCUT2D eigenvalue weighted by Crippen LogP contribution is -2.42. The molecule has 8 heteroatoms. The molecule has 1 aromatic heterocycles. The summed E-state index contributed by atoms with van der Waals surface area (Å²) < 4.78 is 7.66. The van der Waals surface area contributed by atoms with E-state index in [1.165, 1.54) is 11.1 Å². The Morgan fingerprint density at radius 1 is 1.10 bits per heavy atom. The van der Waals surface area contributed by atoms with Gasteiger partial charge in [-0.15, -0.1) is 0 Å². The maximum atomic E-state index is 13.5. The first-order chi connectivity index (χ1) is 18.5. The van der Waals surface area contributed by atoms with Gasteiger partial charge in [0, 0.05) is 37.2 Å². The molecule has 2 N–H and O–H groups in total. The highest BCUT2D eigenvalue weighted by Crippen LogP contribution is 2.34. The largest absolute Gasteiger partial charge is 0.444 e. The smallest absolute Gasteiger partial charge is 0.412 e. The van der Waals surface area contributed by atoms with Gasteiger partial charge in [-0.25, -0.2) is 9.78 Å². The molecule has 208 valence electrons. The monoisotopic (exact) mass is 532 g/mol. The number of imidazole rings is 1. The minimum Gasteiger partial charge on any atom is -0.444 e. The van der Waals surface area contributed by atoms with Crippen molar-refractivity contribution in [3.05, 3.63) is 58.9 Å². The van der Waals surface area contributed by atoms with Crippen molar-refractivity contribution in [3.63, 3.8) is 0 Å². The Morgan fingerprint density at radius 2 is 1.82 bits per heavy atom. The first-order valence-corrected chi connectivity index (χ1v) is 14.0. The molecule has 39 heavy (non-hydrogen) atoms. The number of aliphatic hydroxyl groups excluding tert-OH is 1. The summed E-state index contributed by atoms with van der Waals surface area (Å²) in [6, 6.07) is 12.4. The average Bonchev–Trinajstić information content (AvgIpc) is 3.42. The second-order valence-corrected chi connectivity index (χ2v) is 12.2. The summed E-state index contributed by atoms with van der Waals surface area (Å²) in [4.78, 5) is 32.6. The molecule has 0 bridgehead atoms. The number of carbonyl (C=O) groups is 2. The number of hydrogen-bond acceptors (Lipinski definition) is 5. The number of amides is 2. The van der Waals surface area contributed by atoms with Crippen molar-refractivity contribution in [1.82, 2.24) is 14.5 Å². The zero-order valence-corrected chi connectivity index (χ0v) is 23.7. The van der Waals surface area contributed by atoms with Crippen molar-refractivity contribution < 1.29 is 19.4 Å². The van der Waals surface area contributed by atoms with Crippen LogP contribution in [-0.2, 0) is 28.8 Å². The highest BCUT2D eigenvalue weighted by molar-refractivity contribution is 5.85. The van der Waals surface area contributed by atoms with Crippen molar-refractivity contribution in [2.75, 3.05) is 18.4 Å². The summed E-state index contributed by atoms with van der Waals surface area (Å²) in [5.74, 6) is 1.05. The molecule has 1 aliphatic heterocycles. The maximum absolute atomic E-state index is 13.5. The van der Waals surface area contributed by atoms with Crippen LogP contribution in [0.1, 0.15) is 69.1 Å². The van der Waals surface area contributed by atoms with Crippen LogP contribution >= 0.6 is 0 Å². The third-order valence-corrected chi connectivity index (χ3v) is 7.67. The van der Waals surface area contributed by atoms with Crippen LogP contribution in [0.4, 0.5) is 10.5 Å². The Hall–Kier alpha value is -3.39. The molecule has 2 aromatic carbocycles. The number of hydrogen-bond donors (Lipinski definition) is 2. The van der Waals surface area contributed by atoms with Gasteiger partial charge < -0.3 is 19.3 Å². The van der Waals surface area contributed by atoms with Crippen molar-refractivity contribution in [1.29, 1.82) is 0 Å². The summed E-state index contributed by atoms with van der Waals surface area (Å²) in [6.45, 7) is 10.8. The predicted octanol–water partition coefficient (Wildman–Crippen LogP) is 5.19. The molecule has 0 saturated carbocycles. The molecule has 2 heterocycles. The number of likely N-dealkylation sites (tertiary alicyclic amines) is 1. The molecule has 0 radical (unpaired) electrons. The lowest BCUT2D eigenvalue weighted by Gasteiger charge is -2.35. The van der Waals surface area contributed by atoms with Crippen LogP contribution in [-0.4, -0.2) is 56.4 Å². The summed E-state index contributed by atoms with van der Waals surface area (Å²) in [7, 11) is 0. The van der Waals surface area contributed by atoms with E-state index in [0.717, 1.165) is 41.7 Å². The second-order valence-electron chi connectivity index (χ2n) is 12.2. The SMILES string of the molecule is Cc1ccc2c(c1)nc(CC(C)O)n2C1CCN(C(=O)C2Cc3ccc(NC(=O)OC(C)(C)C)cc3C2)CC1. The molecule has 2 unspecified atom stereocenters. The van der Waals surface area contributed by atoms with E-state index >= 15 is 0 Å². The zero-order valence-electron chi connectivity index (χ0n) is 23.7. The Kier molecular flexibility index (Phi) is 7.42. The van der Waals surface area contributed by atoms with Gasteiger partial charge in [0.15, 0.2) is 0 Å². The fraction of sp³-hybridized carbons (Fsp3) is 0.516. The summed E-state index contributed by atoms with van der Waals surface area (Å²) in [5, 5.41) is 12.9. The molecule has 2 amide bonds. The number of aryl methyl sites for hydroxylation is 1. The van der Waals surface area contributed by atoms with Crippen LogP contribution in [0.2, 0.25) is 0 Å². The summed E-state index contributed by atoms with van der Waals surface area (Å²) in [5.41, 5.74) is 5.64. The van der Waals surface area contributed by atoms with E-state index in [0.29, 0.717) is 31.6 Å². The third-order valence-electron chi connectivity index (χ3n) is 7.67. The van der Waals surface area contributed by atoms with Gasteiger partial charge >= 0.3 is 6.09 Å². The van der Waals surface area contributed by atoms with Gasteiger partial charge in [0.05, 0.1) is 17.1 Å². The molecule has 1 fully saturated rings. The molecule has 3 aromatic rings. The van der Waals surface area contributed by atoms with E-state index in [2.05, 4.69) is 35.0 Å². The van der Waals surface area contributed by atoms with Gasteiger partial charge in [-0.1, -0.05) is 12.1 Å². The number of nitrogens with zero attached hydrogens (tertiary/aromatic N) is 3. The molecule has 0 spiro atoms. The first kappa shape index (κ1) is 27.2. The van der Waals surface area contributed by atoms with Crippen LogP contribution in [0, 0.1) is 12.8 Å². The van der Waals surface area contributed by atoms with Gasteiger partial charge in [0.1, 0.15) is 11.4 Å². The van der Waals surface area contributed by atoms with Gasteiger partial charge in [0.2, 0.25) is 5.91 Å². The summed E-state index contributed by atoms with van der Waals surface area (Å²) in [6.07, 6.45) is 2.70. The van der Waals surface area contributed by atoms with Crippen LogP contribution in [0.3, 0.4) is 0 Å². The quantitative estimate of drug-likeness (QED) is 0.471. The fourth-order valence-corrected chi connectivity index (χ4v) is 5.97. The lowest BCUT2D eigenvalue weighted by atomic mass is 9.99. The van der Waals surface area contributed by atoms with Crippen LogP contribution < -0.4 is 5.32 Å². The molecular formula is C31H40N4O4. The highest BCUT2D eigenvalue weighted by Gasteiger charge is 2.34. The maximum Gasteiger partial charge on any atom is 0.412 e. The number of fused-ring (bicyclic) bond motifs is 2. The zero-order chi connectivity index (χ0) is 27.9. The number of benzene rings is 2. The molecule has 1 aliphatic carbocycles. The molecular weight excluding hydrogens is 492 g/mol. The van der Waals surface area contributed by atoms with Crippen LogP contribution in [0.5, 0.6) is 0 Å². The molecule has 2 atom stereocenters. The fourth-order valence-electron chi connectivity index (χ4n) is 5.97. The van der Waals surface area contributed by atoms with Gasteiger partial charge in [0.25, 0.3) is 0 Å². The van der Waals surface area contributed by atoms with E-state index in [-0.39, 0.29) is 17.9 Å². The predicted molar refractivity (Wildman–Crippen MR) is 152 cm³/mol. The first-order valence-electron chi connectivity index (χ1n) is 14.0. The van der Waals surface area contributed by atoms with Gasteiger partial charge in [-0.3, -0.25) is 10.1 Å². The summed E-state index contributed by atoms with van der Waals surface area (Å²) >= 11 is 0. The van der Waals surface area contributed by atoms with E-state index in [4.69, 9.17) is 9.72 Å². The minimum atomic E-state index is -0.561. The second kappa shape index (κ2) is 10.6. The Labute approximate surface area is 230 Å². The van der Waals surface area contributed by atoms with Crippen LogP contribution in [0.25, 0.3) is 11.0 Å². The highest BCUT2D eigenvalue weighted by atomic mass is 16.6. The lowest BCUT2D eigenvalue weighted by molar-refractivity contribution is -0.136. The van der Waals surface area contributed by atoms with Crippen molar-refractivity contribution >= 4 is 28.7 Å². The number of aliphatic hydroxyl groups is 1. The number of rotatable bonds is 5. The standard InChI is InChI=1S/C31H40N4O4/c1-19-6-9-27-26(14-19)33-28(15-20(2)36)35(27)25-10-12-34(13-11-25)29(37)23-16-21-7-8-24(18-22(21)17-23)32-30(38)39-31(3,4)5/h6-9,14,18,20,23,25,36H,10-13,15-17H2,1-5H3,(H,32,38). The third kappa shape index (κ3) is 6.11. The van der Waals surface area contributed by atoms with Crippen molar-refractivity contribution in [2.45, 2.75) is 84.5 Å². The normalized spacial score (nSPS) is 18.7. The van der Waals surface area contributed by atoms with E-state index in [1.54, 1.807) is 6.92 Å². The molecule has 1 saturated heterocycles. The number of anilines is 1.